The fraction of sp³-hybridized carbons (Fsp3) is 0.846. The molecule has 0 aromatic carbocycles. The molecule has 18 heavy (non-hydrogen) atoms. The number of rotatable bonds is 1. The molecule has 4 atom stereocenters. The molecule has 3 aliphatic heterocycles. The maximum atomic E-state index is 5.86. The quantitative estimate of drug-likeness (QED) is 0.666. The van der Waals surface area contributed by atoms with E-state index in [-0.39, 0.29) is 24.6 Å². The molecule has 3 rings (SSSR count). The van der Waals surface area contributed by atoms with E-state index in [0.717, 1.165) is 5.57 Å². The summed E-state index contributed by atoms with van der Waals surface area (Å²) in [4.78, 5) is 0. The van der Waals surface area contributed by atoms with Gasteiger partial charge in [-0.05, 0) is 33.3 Å². The first-order valence-electron chi connectivity index (χ1n) is 6.29. The van der Waals surface area contributed by atoms with Crippen LogP contribution in [0.2, 0.25) is 0 Å². The minimum Gasteiger partial charge on any atom is -0.348 e. The Morgan fingerprint density at radius 2 is 1.72 bits per heavy atom. The lowest BCUT2D eigenvalue weighted by atomic mass is 10.0. The second-order valence-corrected chi connectivity index (χ2v) is 5.92. The smallest absolute Gasteiger partial charge is 0.191 e. The third-order valence-corrected chi connectivity index (χ3v) is 3.44. The summed E-state index contributed by atoms with van der Waals surface area (Å²) in [5, 5.41) is 0. The van der Waals surface area contributed by atoms with Crippen LogP contribution in [0.5, 0.6) is 0 Å². The molecule has 0 amide bonds. The number of fused-ring (bicyclic) bond motifs is 1. The van der Waals surface area contributed by atoms with Crippen molar-refractivity contribution in [2.24, 2.45) is 0 Å². The van der Waals surface area contributed by atoms with E-state index in [0.29, 0.717) is 6.61 Å². The van der Waals surface area contributed by atoms with E-state index in [1.165, 1.54) is 0 Å². The molecular weight excluding hydrogens is 236 g/mol. The van der Waals surface area contributed by atoms with E-state index in [9.17, 15) is 0 Å². The molecule has 5 nitrogen and oxygen atoms in total. The Labute approximate surface area is 107 Å². The van der Waals surface area contributed by atoms with E-state index in [2.05, 4.69) is 6.58 Å². The van der Waals surface area contributed by atoms with Crippen molar-refractivity contribution in [3.05, 3.63) is 12.2 Å². The average Bonchev–Trinajstić information content (AvgIpc) is 2.81. The summed E-state index contributed by atoms with van der Waals surface area (Å²) in [6.07, 6.45) is -0.964. The van der Waals surface area contributed by atoms with Crippen LogP contribution < -0.4 is 0 Å². The van der Waals surface area contributed by atoms with Crippen LogP contribution in [0.4, 0.5) is 0 Å². The molecule has 3 fully saturated rings. The average molecular weight is 256 g/mol. The van der Waals surface area contributed by atoms with Crippen molar-refractivity contribution in [1.29, 1.82) is 0 Å². The summed E-state index contributed by atoms with van der Waals surface area (Å²) in [6, 6.07) is 0. The standard InChI is InChI=1S/C13H20O5/c1-7-9(8-6-14-12(2,3)16-8)15-11-10(7)17-13(4,5)18-11/h8-11H,1,6H2,2-5H3/t8-,9?,10+,11+/m0/s1. The van der Waals surface area contributed by atoms with Crippen LogP contribution in [0.3, 0.4) is 0 Å². The normalized spacial score (nSPS) is 45.4. The summed E-state index contributed by atoms with van der Waals surface area (Å²) >= 11 is 0. The molecular formula is C13H20O5. The molecule has 5 heteroatoms. The lowest BCUT2D eigenvalue weighted by molar-refractivity contribution is -0.215. The molecule has 0 aromatic heterocycles. The molecule has 0 spiro atoms. The summed E-state index contributed by atoms with van der Waals surface area (Å²) < 4.78 is 28.7. The highest BCUT2D eigenvalue weighted by molar-refractivity contribution is 5.20. The van der Waals surface area contributed by atoms with Gasteiger partial charge in [0.1, 0.15) is 18.3 Å². The molecule has 0 bridgehead atoms. The van der Waals surface area contributed by atoms with Crippen LogP contribution >= 0.6 is 0 Å². The zero-order chi connectivity index (χ0) is 13.1. The van der Waals surface area contributed by atoms with Gasteiger partial charge in [0.15, 0.2) is 17.9 Å². The molecule has 0 N–H and O–H groups in total. The molecule has 0 aromatic rings. The van der Waals surface area contributed by atoms with Gasteiger partial charge in [-0.25, -0.2) is 0 Å². The van der Waals surface area contributed by atoms with E-state index in [1.807, 2.05) is 27.7 Å². The summed E-state index contributed by atoms with van der Waals surface area (Å²) in [6.45, 7) is 12.1. The van der Waals surface area contributed by atoms with Crippen LogP contribution in [0, 0.1) is 0 Å². The predicted octanol–water partition coefficient (Wildman–Crippen LogP) is 1.57. The molecule has 3 aliphatic rings. The zero-order valence-corrected chi connectivity index (χ0v) is 11.3. The van der Waals surface area contributed by atoms with Crippen molar-refractivity contribution < 1.29 is 23.7 Å². The maximum Gasteiger partial charge on any atom is 0.191 e. The van der Waals surface area contributed by atoms with Crippen LogP contribution in [-0.4, -0.2) is 42.8 Å². The van der Waals surface area contributed by atoms with Gasteiger partial charge < -0.3 is 23.7 Å². The summed E-state index contributed by atoms with van der Waals surface area (Å²) in [7, 11) is 0. The van der Waals surface area contributed by atoms with Gasteiger partial charge in [0.05, 0.1) is 6.61 Å². The van der Waals surface area contributed by atoms with E-state index in [1.54, 1.807) is 0 Å². The molecule has 3 saturated heterocycles. The van der Waals surface area contributed by atoms with Gasteiger partial charge in [-0.1, -0.05) is 6.58 Å². The first-order valence-corrected chi connectivity index (χ1v) is 6.29. The van der Waals surface area contributed by atoms with Gasteiger partial charge in [0.2, 0.25) is 0 Å². The Kier molecular flexibility index (Phi) is 2.63. The van der Waals surface area contributed by atoms with Crippen molar-refractivity contribution in [3.8, 4) is 0 Å². The first-order chi connectivity index (χ1) is 8.27. The second-order valence-electron chi connectivity index (χ2n) is 5.92. The zero-order valence-electron chi connectivity index (χ0n) is 11.3. The van der Waals surface area contributed by atoms with Gasteiger partial charge in [-0.2, -0.15) is 0 Å². The lowest BCUT2D eigenvalue weighted by Gasteiger charge is -2.24. The molecule has 0 radical (unpaired) electrons. The Morgan fingerprint density at radius 1 is 1.00 bits per heavy atom. The van der Waals surface area contributed by atoms with Crippen molar-refractivity contribution in [2.45, 2.75) is 63.9 Å². The molecule has 0 saturated carbocycles. The van der Waals surface area contributed by atoms with Crippen molar-refractivity contribution >= 4 is 0 Å². The summed E-state index contributed by atoms with van der Waals surface area (Å²) in [5.41, 5.74) is 0.872. The lowest BCUT2D eigenvalue weighted by Crippen LogP contribution is -2.34. The van der Waals surface area contributed by atoms with Crippen molar-refractivity contribution in [2.75, 3.05) is 6.61 Å². The first kappa shape index (κ1) is 12.6. The van der Waals surface area contributed by atoms with Gasteiger partial charge in [-0.15, -0.1) is 0 Å². The highest BCUT2D eigenvalue weighted by atomic mass is 16.8. The Balaban J connectivity index is 1.70. The monoisotopic (exact) mass is 256 g/mol. The minimum atomic E-state index is -0.616. The molecule has 1 unspecified atom stereocenters. The second kappa shape index (κ2) is 3.77. The van der Waals surface area contributed by atoms with Crippen LogP contribution in [-0.2, 0) is 23.7 Å². The van der Waals surface area contributed by atoms with E-state index < -0.39 is 11.6 Å². The van der Waals surface area contributed by atoms with Gasteiger partial charge in [0, 0.05) is 0 Å². The number of hydrogen-bond donors (Lipinski definition) is 0. The predicted molar refractivity (Wildman–Crippen MR) is 62.7 cm³/mol. The third kappa shape index (κ3) is 2.00. The van der Waals surface area contributed by atoms with Gasteiger partial charge in [0.25, 0.3) is 0 Å². The fourth-order valence-corrected chi connectivity index (χ4v) is 2.67. The molecule has 0 aliphatic carbocycles. The highest BCUT2D eigenvalue weighted by Crippen LogP contribution is 2.42. The number of hydrogen-bond acceptors (Lipinski definition) is 5. The van der Waals surface area contributed by atoms with E-state index in [4.69, 9.17) is 23.7 Å². The van der Waals surface area contributed by atoms with Gasteiger partial charge in [-0.3, -0.25) is 0 Å². The molecule has 102 valence electrons. The van der Waals surface area contributed by atoms with Crippen LogP contribution in [0.25, 0.3) is 0 Å². The Morgan fingerprint density at radius 3 is 2.28 bits per heavy atom. The summed E-state index contributed by atoms with van der Waals surface area (Å²) in [5.74, 6) is -1.18. The topological polar surface area (TPSA) is 46.2 Å². The van der Waals surface area contributed by atoms with Crippen molar-refractivity contribution in [1.82, 2.24) is 0 Å². The maximum absolute atomic E-state index is 5.86. The van der Waals surface area contributed by atoms with Crippen molar-refractivity contribution in [3.63, 3.8) is 0 Å². The molecule has 3 heterocycles. The third-order valence-electron chi connectivity index (χ3n) is 3.44. The van der Waals surface area contributed by atoms with Gasteiger partial charge >= 0.3 is 0 Å². The van der Waals surface area contributed by atoms with Crippen LogP contribution in [0.15, 0.2) is 12.2 Å². The highest BCUT2D eigenvalue weighted by Gasteiger charge is 2.54. The minimum absolute atomic E-state index is 0.145. The van der Waals surface area contributed by atoms with Crippen LogP contribution in [0.1, 0.15) is 27.7 Å². The fourth-order valence-electron chi connectivity index (χ4n) is 2.67. The largest absolute Gasteiger partial charge is 0.348 e. The Hall–Kier alpha value is -0.460. The van der Waals surface area contributed by atoms with E-state index >= 15 is 0 Å². The SMILES string of the molecule is C=C1C([C@@H]2COC(C)(C)O2)O[C@@H]2OC(C)(C)O[C@H]12. The number of ether oxygens (including phenoxy) is 5. The Bertz CT molecular complexity index is 376.